The maximum atomic E-state index is 12.3. The summed E-state index contributed by atoms with van der Waals surface area (Å²) in [6, 6.07) is 17.7. The van der Waals surface area contributed by atoms with Gasteiger partial charge in [-0.15, -0.1) is 24.8 Å². The Morgan fingerprint density at radius 2 is 1.58 bits per heavy atom. The second-order valence-corrected chi connectivity index (χ2v) is 7.97. The summed E-state index contributed by atoms with van der Waals surface area (Å²) in [7, 11) is 0. The van der Waals surface area contributed by atoms with Crippen LogP contribution in [0, 0.1) is 0 Å². The molecule has 0 bridgehead atoms. The van der Waals surface area contributed by atoms with Crippen LogP contribution in [0.4, 0.5) is 0 Å². The largest absolute Gasteiger partial charge is 0.372 e. The molecule has 31 heavy (non-hydrogen) atoms. The van der Waals surface area contributed by atoms with Gasteiger partial charge in [0.25, 0.3) is 0 Å². The lowest BCUT2D eigenvalue weighted by Crippen LogP contribution is -2.47. The first-order valence-electron chi connectivity index (χ1n) is 10.6. The molecule has 0 N–H and O–H groups in total. The predicted molar refractivity (Wildman–Crippen MR) is 133 cm³/mol. The number of Topliss-reactive ketones (excluding diaryl/α,β-unsaturated/α-hetero) is 1. The smallest absolute Gasteiger partial charge is 0.162 e. The number of ether oxygens (including phenoxy) is 1. The summed E-state index contributed by atoms with van der Waals surface area (Å²) in [6.07, 6.45) is 1.61. The summed E-state index contributed by atoms with van der Waals surface area (Å²) in [6.45, 7) is 8.86. The first-order chi connectivity index (χ1) is 14.2. The van der Waals surface area contributed by atoms with Crippen molar-refractivity contribution in [1.29, 1.82) is 0 Å². The summed E-state index contributed by atoms with van der Waals surface area (Å²) in [5.41, 5.74) is 2.00. The van der Waals surface area contributed by atoms with E-state index in [2.05, 4.69) is 41.0 Å². The number of piperazine rings is 1. The van der Waals surface area contributed by atoms with Crippen molar-refractivity contribution in [3.05, 3.63) is 70.7 Å². The molecular formula is C24H33Cl3N2O2. The Kier molecular flexibility index (Phi) is 13.3. The summed E-state index contributed by atoms with van der Waals surface area (Å²) >= 11 is 5.89. The highest BCUT2D eigenvalue weighted by molar-refractivity contribution is 6.30. The van der Waals surface area contributed by atoms with Gasteiger partial charge >= 0.3 is 0 Å². The average molecular weight is 488 g/mol. The standard InChI is InChI=1S/C24H31ClN2O2.2ClH/c1-2-29-24(21-7-4-3-5-8-21)19-27-17-15-26(16-18-27)14-6-9-23(28)20-10-12-22(25)13-11-20;;/h3-5,7-8,10-13,24H,2,6,9,14-19H2,1H3;2*1H. The van der Waals surface area contributed by atoms with Crippen LogP contribution in [-0.2, 0) is 4.74 Å². The molecule has 3 rings (SSSR count). The Bertz CT molecular complexity index is 751. The first kappa shape index (κ1) is 27.9. The summed E-state index contributed by atoms with van der Waals surface area (Å²) in [5.74, 6) is 0.197. The van der Waals surface area contributed by atoms with Crippen molar-refractivity contribution in [1.82, 2.24) is 9.80 Å². The third-order valence-corrected chi connectivity index (χ3v) is 5.72. The second-order valence-electron chi connectivity index (χ2n) is 7.53. The Morgan fingerprint density at radius 3 is 2.19 bits per heavy atom. The third kappa shape index (κ3) is 9.09. The fraction of sp³-hybridized carbons (Fsp3) is 0.458. The van der Waals surface area contributed by atoms with E-state index >= 15 is 0 Å². The molecule has 4 nitrogen and oxygen atoms in total. The monoisotopic (exact) mass is 486 g/mol. The molecule has 0 amide bonds. The van der Waals surface area contributed by atoms with E-state index in [1.807, 2.05) is 18.2 Å². The Morgan fingerprint density at radius 1 is 0.968 bits per heavy atom. The molecule has 0 aromatic heterocycles. The topological polar surface area (TPSA) is 32.8 Å². The number of benzene rings is 2. The van der Waals surface area contributed by atoms with Gasteiger partial charge in [0.15, 0.2) is 5.78 Å². The molecule has 1 aliphatic heterocycles. The van der Waals surface area contributed by atoms with Crippen molar-refractivity contribution in [3.63, 3.8) is 0 Å². The van der Waals surface area contributed by atoms with Crippen LogP contribution in [0.15, 0.2) is 54.6 Å². The Balaban J connectivity index is 0.00000240. The average Bonchev–Trinajstić information content (AvgIpc) is 2.75. The van der Waals surface area contributed by atoms with Gasteiger partial charge < -0.3 is 9.64 Å². The molecule has 1 aliphatic rings. The lowest BCUT2D eigenvalue weighted by Gasteiger charge is -2.36. The van der Waals surface area contributed by atoms with E-state index in [0.717, 1.165) is 57.9 Å². The molecule has 7 heteroatoms. The SMILES string of the molecule is CCOC(CN1CCN(CCCC(=O)c2ccc(Cl)cc2)CC1)c1ccccc1.Cl.Cl. The summed E-state index contributed by atoms with van der Waals surface area (Å²) in [4.78, 5) is 17.2. The van der Waals surface area contributed by atoms with Gasteiger partial charge in [-0.2, -0.15) is 0 Å². The maximum absolute atomic E-state index is 12.3. The zero-order valence-corrected chi connectivity index (χ0v) is 20.4. The fourth-order valence-corrected chi connectivity index (χ4v) is 3.92. The van der Waals surface area contributed by atoms with Crippen molar-refractivity contribution in [2.45, 2.75) is 25.9 Å². The summed E-state index contributed by atoms with van der Waals surface area (Å²) < 4.78 is 6.00. The predicted octanol–water partition coefficient (Wildman–Crippen LogP) is 5.54. The lowest BCUT2D eigenvalue weighted by atomic mass is 10.1. The van der Waals surface area contributed by atoms with Gasteiger partial charge in [0.1, 0.15) is 0 Å². The van der Waals surface area contributed by atoms with Gasteiger partial charge in [0, 0.05) is 56.3 Å². The first-order valence-corrected chi connectivity index (χ1v) is 10.9. The number of ketones is 1. The van der Waals surface area contributed by atoms with Gasteiger partial charge in [-0.3, -0.25) is 9.69 Å². The number of rotatable bonds is 10. The highest BCUT2D eigenvalue weighted by atomic mass is 35.5. The zero-order valence-electron chi connectivity index (χ0n) is 18.0. The van der Waals surface area contributed by atoms with Crippen LogP contribution in [0.3, 0.4) is 0 Å². The number of nitrogens with zero attached hydrogens (tertiary/aromatic N) is 2. The Labute approximate surface area is 203 Å². The number of hydrogen-bond acceptors (Lipinski definition) is 4. The molecule has 1 heterocycles. The van der Waals surface area contributed by atoms with Crippen molar-refractivity contribution in [2.75, 3.05) is 45.9 Å². The normalized spacial score (nSPS) is 15.5. The van der Waals surface area contributed by atoms with Gasteiger partial charge in [-0.1, -0.05) is 41.9 Å². The minimum Gasteiger partial charge on any atom is -0.372 e. The summed E-state index contributed by atoms with van der Waals surface area (Å²) in [5, 5.41) is 0.665. The molecular weight excluding hydrogens is 455 g/mol. The van der Waals surface area contributed by atoms with Gasteiger partial charge in [0.2, 0.25) is 0 Å². The van der Waals surface area contributed by atoms with Crippen molar-refractivity contribution >= 4 is 42.2 Å². The molecule has 172 valence electrons. The van der Waals surface area contributed by atoms with E-state index in [9.17, 15) is 4.79 Å². The number of carbonyl (C=O) groups is 1. The molecule has 0 aliphatic carbocycles. The fourth-order valence-electron chi connectivity index (χ4n) is 3.80. The highest BCUT2D eigenvalue weighted by Crippen LogP contribution is 2.19. The van der Waals surface area contributed by atoms with Crippen LogP contribution in [-0.4, -0.2) is 61.5 Å². The van der Waals surface area contributed by atoms with E-state index in [-0.39, 0.29) is 36.7 Å². The van der Waals surface area contributed by atoms with Crippen LogP contribution in [0.1, 0.15) is 41.8 Å². The lowest BCUT2D eigenvalue weighted by molar-refractivity contribution is 0.0182. The van der Waals surface area contributed by atoms with Crippen LogP contribution in [0.5, 0.6) is 0 Å². The van der Waals surface area contributed by atoms with Crippen LogP contribution in [0.2, 0.25) is 5.02 Å². The van der Waals surface area contributed by atoms with E-state index in [1.165, 1.54) is 5.56 Å². The zero-order chi connectivity index (χ0) is 20.5. The van der Waals surface area contributed by atoms with Gasteiger partial charge in [-0.25, -0.2) is 0 Å². The Hall–Kier alpha value is -1.14. The van der Waals surface area contributed by atoms with Crippen molar-refractivity contribution in [2.24, 2.45) is 0 Å². The molecule has 0 saturated carbocycles. The van der Waals surface area contributed by atoms with E-state index in [0.29, 0.717) is 11.4 Å². The van der Waals surface area contributed by atoms with Crippen LogP contribution >= 0.6 is 36.4 Å². The van der Waals surface area contributed by atoms with Crippen LogP contribution < -0.4 is 0 Å². The van der Waals surface area contributed by atoms with Gasteiger partial charge in [-0.05, 0) is 49.7 Å². The maximum Gasteiger partial charge on any atom is 0.162 e. The van der Waals surface area contributed by atoms with E-state index in [1.54, 1.807) is 12.1 Å². The highest BCUT2D eigenvalue weighted by Gasteiger charge is 2.21. The molecule has 0 spiro atoms. The molecule has 1 saturated heterocycles. The van der Waals surface area contributed by atoms with Gasteiger partial charge in [0.05, 0.1) is 6.10 Å². The molecule has 0 radical (unpaired) electrons. The molecule has 2 aromatic carbocycles. The number of halogens is 3. The molecule has 1 unspecified atom stereocenters. The second kappa shape index (κ2) is 14.8. The number of carbonyl (C=O) groups excluding carboxylic acids is 1. The third-order valence-electron chi connectivity index (χ3n) is 5.47. The quantitative estimate of drug-likeness (QED) is 0.412. The van der Waals surface area contributed by atoms with E-state index < -0.39 is 0 Å². The van der Waals surface area contributed by atoms with E-state index in [4.69, 9.17) is 16.3 Å². The molecule has 1 fully saturated rings. The minimum atomic E-state index is 0. The van der Waals surface area contributed by atoms with Crippen LogP contribution in [0.25, 0.3) is 0 Å². The number of hydrogen-bond donors (Lipinski definition) is 0. The molecule has 1 atom stereocenters. The van der Waals surface area contributed by atoms with Crippen molar-refractivity contribution < 1.29 is 9.53 Å². The minimum absolute atomic E-state index is 0. The molecule has 2 aromatic rings. The van der Waals surface area contributed by atoms with Crippen molar-refractivity contribution in [3.8, 4) is 0 Å².